The molecule has 2 saturated heterocycles. The Labute approximate surface area is 101 Å². The second kappa shape index (κ2) is 4.07. The van der Waals surface area contributed by atoms with E-state index in [-0.39, 0.29) is 16.5 Å². The van der Waals surface area contributed by atoms with Crippen LogP contribution in [-0.2, 0) is 15.5 Å². The summed E-state index contributed by atoms with van der Waals surface area (Å²) in [5.41, 5.74) is -0.368. The first-order valence-electron chi connectivity index (χ1n) is 6.08. The molecule has 0 aromatic carbocycles. The smallest absolute Gasteiger partial charge is 0.0777 e. The average molecular weight is 245 g/mol. The lowest BCUT2D eigenvalue weighted by Crippen LogP contribution is -2.47. The summed E-state index contributed by atoms with van der Waals surface area (Å²) in [6, 6.07) is 0. The van der Waals surface area contributed by atoms with Crippen LogP contribution in [0.3, 0.4) is 0 Å². The van der Waals surface area contributed by atoms with E-state index in [0.29, 0.717) is 5.92 Å². The quantitative estimate of drug-likeness (QED) is 0.814. The van der Waals surface area contributed by atoms with Gasteiger partial charge in [0.05, 0.1) is 16.5 Å². The van der Waals surface area contributed by atoms with Crippen LogP contribution < -0.4 is 5.32 Å². The minimum Gasteiger partial charge on any atom is -0.368 e. The van der Waals surface area contributed by atoms with Gasteiger partial charge < -0.3 is 10.1 Å². The third-order valence-electron chi connectivity index (χ3n) is 3.58. The maximum Gasteiger partial charge on any atom is 0.0777 e. The highest BCUT2D eigenvalue weighted by Crippen LogP contribution is 2.40. The van der Waals surface area contributed by atoms with E-state index in [4.69, 9.17) is 4.74 Å². The summed E-state index contributed by atoms with van der Waals surface area (Å²) in [5.74, 6) is 1.45. The van der Waals surface area contributed by atoms with E-state index in [9.17, 15) is 4.21 Å². The lowest BCUT2D eigenvalue weighted by molar-refractivity contribution is -0.0633. The van der Waals surface area contributed by atoms with Gasteiger partial charge in [-0.25, -0.2) is 0 Å². The summed E-state index contributed by atoms with van der Waals surface area (Å²) < 4.78 is 18.3. The molecule has 0 radical (unpaired) electrons. The third-order valence-corrected chi connectivity index (χ3v) is 5.74. The number of hydrogen-bond donors (Lipinski definition) is 1. The molecular formula is C12H23NO2S. The minimum absolute atomic E-state index is 0.123. The second-order valence-corrected chi connectivity index (χ2v) is 7.89. The van der Waals surface area contributed by atoms with Crippen molar-refractivity contribution in [2.45, 2.75) is 50.6 Å². The van der Waals surface area contributed by atoms with Gasteiger partial charge in [-0.05, 0) is 40.0 Å². The van der Waals surface area contributed by atoms with Crippen molar-refractivity contribution in [2.75, 3.05) is 18.8 Å². The zero-order valence-electron chi connectivity index (χ0n) is 10.7. The van der Waals surface area contributed by atoms with Gasteiger partial charge >= 0.3 is 0 Å². The van der Waals surface area contributed by atoms with Gasteiger partial charge in [0.25, 0.3) is 0 Å². The Balaban J connectivity index is 1.99. The normalized spacial score (nSPS) is 34.6. The predicted molar refractivity (Wildman–Crippen MR) is 67.0 cm³/mol. The van der Waals surface area contributed by atoms with Gasteiger partial charge in [-0.2, -0.15) is 0 Å². The molecule has 94 valence electrons. The van der Waals surface area contributed by atoms with Crippen LogP contribution in [0.5, 0.6) is 0 Å². The number of rotatable bonds is 3. The van der Waals surface area contributed by atoms with Crippen molar-refractivity contribution in [3.05, 3.63) is 0 Å². The highest BCUT2D eigenvalue weighted by Gasteiger charge is 2.48. The Hall–Kier alpha value is 0.0700. The molecule has 2 atom stereocenters. The number of ether oxygens (including phenoxy) is 1. The number of hydrogen-bond acceptors (Lipinski definition) is 3. The van der Waals surface area contributed by atoms with Crippen LogP contribution in [0.15, 0.2) is 0 Å². The van der Waals surface area contributed by atoms with E-state index in [1.807, 2.05) is 0 Å². The Kier molecular flexibility index (Phi) is 3.19. The van der Waals surface area contributed by atoms with Crippen LogP contribution in [0.2, 0.25) is 0 Å². The largest absolute Gasteiger partial charge is 0.368 e. The van der Waals surface area contributed by atoms with Crippen molar-refractivity contribution in [3.63, 3.8) is 0 Å². The van der Waals surface area contributed by atoms with Gasteiger partial charge in [0.15, 0.2) is 0 Å². The van der Waals surface area contributed by atoms with Gasteiger partial charge in [-0.1, -0.05) is 0 Å². The maximum absolute atomic E-state index is 12.4. The van der Waals surface area contributed by atoms with E-state index in [1.54, 1.807) is 0 Å². The molecule has 4 heteroatoms. The van der Waals surface area contributed by atoms with Gasteiger partial charge in [0.2, 0.25) is 0 Å². The Morgan fingerprint density at radius 3 is 2.31 bits per heavy atom. The van der Waals surface area contributed by atoms with Crippen LogP contribution in [0.25, 0.3) is 0 Å². The summed E-state index contributed by atoms with van der Waals surface area (Å²) in [6.45, 7) is 10.4. The van der Waals surface area contributed by atoms with E-state index in [1.165, 1.54) is 0 Å². The molecular weight excluding hydrogens is 222 g/mol. The van der Waals surface area contributed by atoms with Crippen LogP contribution in [0.4, 0.5) is 0 Å². The average Bonchev–Trinajstić information content (AvgIpc) is 2.26. The molecule has 0 aromatic rings. The highest BCUT2D eigenvalue weighted by molar-refractivity contribution is 7.85. The molecule has 2 aliphatic rings. The zero-order valence-corrected chi connectivity index (χ0v) is 11.5. The summed E-state index contributed by atoms with van der Waals surface area (Å²) >= 11 is 0. The lowest BCUT2D eigenvalue weighted by atomic mass is 10.0. The molecule has 0 aliphatic carbocycles. The van der Waals surface area contributed by atoms with Crippen molar-refractivity contribution >= 4 is 10.8 Å². The highest BCUT2D eigenvalue weighted by atomic mass is 32.2. The SMILES string of the molecule is CC1(C)CC(S(=O)CC2CNC2)C(C)(C)O1. The molecule has 16 heavy (non-hydrogen) atoms. The standard InChI is InChI=1S/C12H23NO2S/c1-11(2)5-10(12(3,4)15-11)16(14)8-9-6-13-7-9/h9-10,13H,5-8H2,1-4H3. The first kappa shape index (κ1) is 12.5. The lowest BCUT2D eigenvalue weighted by Gasteiger charge is -2.30. The molecule has 3 nitrogen and oxygen atoms in total. The molecule has 2 fully saturated rings. The maximum atomic E-state index is 12.4. The Morgan fingerprint density at radius 1 is 1.31 bits per heavy atom. The molecule has 1 N–H and O–H groups in total. The summed E-state index contributed by atoms with van der Waals surface area (Å²) in [6.07, 6.45) is 0.909. The van der Waals surface area contributed by atoms with Crippen molar-refractivity contribution in [3.8, 4) is 0 Å². The van der Waals surface area contributed by atoms with Crippen LogP contribution in [0.1, 0.15) is 34.1 Å². The van der Waals surface area contributed by atoms with Crippen LogP contribution in [-0.4, -0.2) is 39.5 Å². The second-order valence-electron chi connectivity index (χ2n) is 6.23. The van der Waals surface area contributed by atoms with Crippen molar-refractivity contribution in [1.82, 2.24) is 5.32 Å². The minimum atomic E-state index is -0.755. The van der Waals surface area contributed by atoms with Crippen molar-refractivity contribution in [1.29, 1.82) is 0 Å². The first-order valence-corrected chi connectivity index (χ1v) is 7.46. The van der Waals surface area contributed by atoms with Gasteiger partial charge in [-0.3, -0.25) is 4.21 Å². The fourth-order valence-corrected chi connectivity index (χ4v) is 4.94. The molecule has 0 saturated carbocycles. The predicted octanol–water partition coefficient (Wildman–Crippen LogP) is 1.30. The topological polar surface area (TPSA) is 38.3 Å². The Bertz CT molecular complexity index is 297. The van der Waals surface area contributed by atoms with Gasteiger partial charge in [0.1, 0.15) is 0 Å². The van der Waals surface area contributed by atoms with Gasteiger partial charge in [-0.15, -0.1) is 0 Å². The molecule has 2 unspecified atom stereocenters. The zero-order chi connectivity index (χ0) is 12.0. The summed E-state index contributed by atoms with van der Waals surface area (Å²) in [5, 5.41) is 3.41. The summed E-state index contributed by atoms with van der Waals surface area (Å²) in [7, 11) is -0.755. The molecule has 2 heterocycles. The molecule has 0 amide bonds. The van der Waals surface area contributed by atoms with Crippen molar-refractivity contribution in [2.24, 2.45) is 5.92 Å². The van der Waals surface area contributed by atoms with E-state index >= 15 is 0 Å². The van der Waals surface area contributed by atoms with E-state index < -0.39 is 10.8 Å². The monoisotopic (exact) mass is 245 g/mol. The first-order chi connectivity index (χ1) is 7.30. The molecule has 0 bridgehead atoms. The van der Waals surface area contributed by atoms with Crippen LogP contribution in [0, 0.1) is 5.92 Å². The van der Waals surface area contributed by atoms with E-state index in [2.05, 4.69) is 33.0 Å². The third kappa shape index (κ3) is 2.49. The van der Waals surface area contributed by atoms with Crippen LogP contribution >= 0.6 is 0 Å². The fourth-order valence-electron chi connectivity index (χ4n) is 2.74. The fraction of sp³-hybridized carbons (Fsp3) is 1.00. The molecule has 0 aromatic heterocycles. The summed E-state index contributed by atoms with van der Waals surface area (Å²) in [4.78, 5) is 0. The molecule has 0 spiro atoms. The number of nitrogens with one attached hydrogen (secondary N) is 1. The Morgan fingerprint density at radius 2 is 1.94 bits per heavy atom. The van der Waals surface area contributed by atoms with E-state index in [0.717, 1.165) is 25.3 Å². The molecule has 2 rings (SSSR count). The molecule has 2 aliphatic heterocycles. The van der Waals surface area contributed by atoms with Crippen molar-refractivity contribution < 1.29 is 8.95 Å². The van der Waals surface area contributed by atoms with Gasteiger partial charge in [0, 0.05) is 29.6 Å².